The average molecular weight is 492 g/mol. The predicted molar refractivity (Wildman–Crippen MR) is 147 cm³/mol. The van der Waals surface area contributed by atoms with Crippen LogP contribution >= 0.6 is 11.3 Å². The van der Waals surface area contributed by atoms with Gasteiger partial charge in [-0.05, 0) is 72.1 Å². The van der Waals surface area contributed by atoms with E-state index in [1.165, 1.54) is 16.9 Å². The Morgan fingerprint density at radius 3 is 2.08 bits per heavy atom. The van der Waals surface area contributed by atoms with Gasteiger partial charge in [-0.15, -0.1) is 11.3 Å². The number of nitrogens with zero attached hydrogens (tertiary/aromatic N) is 3. The van der Waals surface area contributed by atoms with Crippen molar-refractivity contribution in [2.75, 3.05) is 7.11 Å². The van der Waals surface area contributed by atoms with Crippen molar-refractivity contribution in [1.82, 2.24) is 4.68 Å². The molecule has 5 nitrogen and oxygen atoms in total. The van der Waals surface area contributed by atoms with Crippen molar-refractivity contribution in [3.05, 3.63) is 119 Å². The summed E-state index contributed by atoms with van der Waals surface area (Å²) in [7, 11) is 1.65. The zero-order chi connectivity index (χ0) is 24.9. The molecule has 0 amide bonds. The highest BCUT2D eigenvalue weighted by molar-refractivity contribution is 7.07. The average Bonchev–Trinajstić information content (AvgIpc) is 3.31. The van der Waals surface area contributed by atoms with Crippen LogP contribution in [0.25, 0.3) is 22.4 Å². The third kappa shape index (κ3) is 5.14. The van der Waals surface area contributed by atoms with E-state index in [2.05, 4.69) is 41.8 Å². The summed E-state index contributed by atoms with van der Waals surface area (Å²) in [6.45, 7) is 1.95. The van der Waals surface area contributed by atoms with Gasteiger partial charge in [0.15, 0.2) is 0 Å². The number of aromatic hydroxyl groups is 1. The Bertz CT molecular complexity index is 1550. The van der Waals surface area contributed by atoms with Gasteiger partial charge in [0.05, 0.1) is 24.2 Å². The van der Waals surface area contributed by atoms with Crippen LogP contribution in [0.3, 0.4) is 0 Å². The van der Waals surface area contributed by atoms with Gasteiger partial charge >= 0.3 is 0 Å². The van der Waals surface area contributed by atoms with Crippen LogP contribution in [0.15, 0.2) is 119 Å². The normalized spacial score (nSPS) is 12.1. The maximum Gasteiger partial charge on any atom is 0.211 e. The van der Waals surface area contributed by atoms with Crippen LogP contribution in [0.1, 0.15) is 12.5 Å². The van der Waals surface area contributed by atoms with E-state index >= 15 is 0 Å². The molecule has 4 aromatic carbocycles. The van der Waals surface area contributed by atoms with Gasteiger partial charge < -0.3 is 9.84 Å². The zero-order valence-corrected chi connectivity index (χ0v) is 20.8. The molecule has 0 aliphatic heterocycles. The number of thiazole rings is 1. The van der Waals surface area contributed by atoms with Crippen LogP contribution in [-0.2, 0) is 0 Å². The summed E-state index contributed by atoms with van der Waals surface area (Å²) in [6, 6.07) is 33.5. The standard InChI is InChI=1S/C30H25N3O2S/c1-21(22-12-16-27(34)17-13-22)32-33-29(20-36-30(33)31-26-14-18-28(35-2)19-15-26)25-10-8-24(9-11-25)23-6-4-3-5-7-23/h3-20,34H,1-2H3/b31-30?,32-21+. The number of phenolic OH excluding ortho intramolecular Hbond substituents is 1. The van der Waals surface area contributed by atoms with Crippen molar-refractivity contribution in [3.63, 3.8) is 0 Å². The molecule has 0 aliphatic carbocycles. The number of hydrogen-bond donors (Lipinski definition) is 1. The number of phenols is 1. The first kappa shape index (κ1) is 23.3. The minimum Gasteiger partial charge on any atom is -0.508 e. The number of methoxy groups -OCH3 is 1. The van der Waals surface area contributed by atoms with Gasteiger partial charge in [-0.25, -0.2) is 9.67 Å². The van der Waals surface area contributed by atoms with Gasteiger partial charge in [0.2, 0.25) is 4.80 Å². The first-order chi connectivity index (χ1) is 17.6. The number of rotatable bonds is 6. The summed E-state index contributed by atoms with van der Waals surface area (Å²) in [5.41, 5.74) is 6.88. The lowest BCUT2D eigenvalue weighted by atomic mass is 10.0. The van der Waals surface area contributed by atoms with Crippen molar-refractivity contribution >= 4 is 22.7 Å². The molecule has 0 atom stereocenters. The fraction of sp³-hybridized carbons (Fsp3) is 0.0667. The quantitative estimate of drug-likeness (QED) is 0.258. The predicted octanol–water partition coefficient (Wildman–Crippen LogP) is 7.10. The molecular weight excluding hydrogens is 466 g/mol. The third-order valence-electron chi connectivity index (χ3n) is 5.81. The molecular formula is C30H25N3O2S. The molecule has 0 fully saturated rings. The molecule has 0 radical (unpaired) electrons. The molecule has 6 heteroatoms. The molecule has 1 aromatic heterocycles. The summed E-state index contributed by atoms with van der Waals surface area (Å²) in [6.07, 6.45) is 0. The second kappa shape index (κ2) is 10.5. The van der Waals surface area contributed by atoms with Crippen molar-refractivity contribution in [3.8, 4) is 33.9 Å². The van der Waals surface area contributed by atoms with E-state index in [9.17, 15) is 5.11 Å². The van der Waals surface area contributed by atoms with Gasteiger partial charge in [-0.1, -0.05) is 54.6 Å². The number of aromatic nitrogens is 1. The third-order valence-corrected chi connectivity index (χ3v) is 6.62. The highest BCUT2D eigenvalue weighted by Crippen LogP contribution is 2.26. The molecule has 178 valence electrons. The van der Waals surface area contributed by atoms with Crippen LogP contribution in [0.2, 0.25) is 0 Å². The summed E-state index contributed by atoms with van der Waals surface area (Å²) in [5, 5.41) is 16.7. The van der Waals surface area contributed by atoms with Gasteiger partial charge in [-0.2, -0.15) is 5.10 Å². The molecule has 0 saturated carbocycles. The molecule has 0 saturated heterocycles. The number of benzene rings is 4. The highest BCUT2D eigenvalue weighted by Gasteiger charge is 2.10. The Morgan fingerprint density at radius 1 is 0.778 bits per heavy atom. The largest absolute Gasteiger partial charge is 0.508 e. The maximum atomic E-state index is 9.67. The van der Waals surface area contributed by atoms with Crippen LogP contribution < -0.4 is 9.54 Å². The summed E-state index contributed by atoms with van der Waals surface area (Å²) in [5.74, 6) is 1.01. The number of hydrogen-bond acceptors (Lipinski definition) is 5. The Morgan fingerprint density at radius 2 is 1.42 bits per heavy atom. The van der Waals surface area contributed by atoms with Crippen LogP contribution in [0.4, 0.5) is 5.69 Å². The van der Waals surface area contributed by atoms with E-state index in [0.717, 1.165) is 44.3 Å². The van der Waals surface area contributed by atoms with E-state index in [-0.39, 0.29) is 5.75 Å². The topological polar surface area (TPSA) is 59.1 Å². The fourth-order valence-electron chi connectivity index (χ4n) is 3.81. The van der Waals surface area contributed by atoms with Gasteiger partial charge in [-0.3, -0.25) is 0 Å². The monoisotopic (exact) mass is 491 g/mol. The van der Waals surface area contributed by atoms with Crippen LogP contribution in [0.5, 0.6) is 11.5 Å². The van der Waals surface area contributed by atoms with E-state index in [1.807, 2.05) is 66.2 Å². The second-order valence-electron chi connectivity index (χ2n) is 8.20. The highest BCUT2D eigenvalue weighted by atomic mass is 32.1. The van der Waals surface area contributed by atoms with Crippen molar-refractivity contribution in [2.24, 2.45) is 10.1 Å². The molecule has 5 rings (SSSR count). The maximum absolute atomic E-state index is 9.67. The molecule has 0 bridgehead atoms. The molecule has 0 unspecified atom stereocenters. The van der Waals surface area contributed by atoms with Crippen molar-refractivity contribution in [2.45, 2.75) is 6.92 Å². The molecule has 36 heavy (non-hydrogen) atoms. The Labute approximate surface area is 213 Å². The lowest BCUT2D eigenvalue weighted by Crippen LogP contribution is -2.13. The smallest absolute Gasteiger partial charge is 0.211 e. The summed E-state index contributed by atoms with van der Waals surface area (Å²) >= 11 is 1.53. The van der Waals surface area contributed by atoms with Gasteiger partial charge in [0.25, 0.3) is 0 Å². The molecule has 0 spiro atoms. The number of ether oxygens (including phenoxy) is 1. The molecule has 0 aliphatic rings. The minimum atomic E-state index is 0.226. The summed E-state index contributed by atoms with van der Waals surface area (Å²) in [4.78, 5) is 5.62. The summed E-state index contributed by atoms with van der Waals surface area (Å²) < 4.78 is 7.16. The van der Waals surface area contributed by atoms with E-state index in [0.29, 0.717) is 0 Å². The Balaban J connectivity index is 1.60. The second-order valence-corrected chi connectivity index (χ2v) is 9.04. The van der Waals surface area contributed by atoms with Crippen LogP contribution in [-0.4, -0.2) is 22.6 Å². The lowest BCUT2D eigenvalue weighted by molar-refractivity contribution is 0.415. The van der Waals surface area contributed by atoms with Crippen LogP contribution in [0, 0.1) is 0 Å². The SMILES string of the molecule is COc1ccc(N=c2scc(-c3ccc(-c4ccccc4)cc3)n2/N=C(\C)c2ccc(O)cc2)cc1. The fourth-order valence-corrected chi connectivity index (χ4v) is 4.66. The minimum absolute atomic E-state index is 0.226. The Kier molecular flexibility index (Phi) is 6.78. The molecule has 5 aromatic rings. The van der Waals surface area contributed by atoms with Crippen molar-refractivity contribution < 1.29 is 9.84 Å². The molecule has 1 N–H and O–H groups in total. The van der Waals surface area contributed by atoms with E-state index in [4.69, 9.17) is 14.8 Å². The van der Waals surface area contributed by atoms with Gasteiger partial charge in [0.1, 0.15) is 11.5 Å². The van der Waals surface area contributed by atoms with Crippen molar-refractivity contribution in [1.29, 1.82) is 0 Å². The van der Waals surface area contributed by atoms with E-state index in [1.54, 1.807) is 19.2 Å². The zero-order valence-electron chi connectivity index (χ0n) is 20.0. The molecule has 1 heterocycles. The Hall–Kier alpha value is -4.42. The first-order valence-electron chi connectivity index (χ1n) is 11.5. The lowest BCUT2D eigenvalue weighted by Gasteiger charge is -2.08. The van der Waals surface area contributed by atoms with E-state index < -0.39 is 0 Å². The van der Waals surface area contributed by atoms with Gasteiger partial charge in [0, 0.05) is 10.9 Å². The first-order valence-corrected chi connectivity index (χ1v) is 12.4.